The maximum Gasteiger partial charge on any atom is 0.310 e. The molecule has 0 heterocycles. The lowest BCUT2D eigenvalue weighted by molar-refractivity contribution is -0.153. The fraction of sp³-hybridized carbons (Fsp3) is 0.733. The van der Waals surface area contributed by atoms with E-state index in [9.17, 15) is 9.59 Å². The summed E-state index contributed by atoms with van der Waals surface area (Å²) in [5.74, 6) is 0.525. The Kier molecular flexibility index (Phi) is 3.58. The molecule has 0 saturated heterocycles. The summed E-state index contributed by atoms with van der Waals surface area (Å²) in [7, 11) is 0. The molecule has 0 aliphatic heterocycles. The summed E-state index contributed by atoms with van der Waals surface area (Å²) in [6.07, 6.45) is 10.8. The van der Waals surface area contributed by atoms with Crippen LogP contribution in [0.15, 0.2) is 12.2 Å². The molecular weight excluding hydrogens is 242 g/mol. The van der Waals surface area contributed by atoms with Crippen LogP contribution in [-0.2, 0) is 14.3 Å². The Labute approximate surface area is 113 Å². The first-order chi connectivity index (χ1) is 9.22. The Bertz CT molecular complexity index is 398. The lowest BCUT2D eigenvalue weighted by atomic mass is 9.94. The van der Waals surface area contributed by atoms with Crippen LogP contribution in [0, 0.1) is 17.8 Å². The molecule has 3 atom stereocenters. The second kappa shape index (κ2) is 5.35. The quantitative estimate of drug-likeness (QED) is 0.621. The average Bonchev–Trinajstić information content (AvgIpc) is 3.12. The second-order valence-electron chi connectivity index (χ2n) is 6.04. The summed E-state index contributed by atoms with van der Waals surface area (Å²) in [5, 5.41) is 2.93. The molecule has 3 unspecified atom stereocenters. The third kappa shape index (κ3) is 2.82. The first-order valence-electron chi connectivity index (χ1n) is 7.36. The first-order valence-corrected chi connectivity index (χ1v) is 7.36. The Balaban J connectivity index is 1.40. The van der Waals surface area contributed by atoms with Gasteiger partial charge in [0.1, 0.15) is 0 Å². The molecule has 0 aromatic carbocycles. The number of esters is 1. The van der Waals surface area contributed by atoms with E-state index in [0.717, 1.165) is 25.7 Å². The lowest BCUT2D eigenvalue weighted by Crippen LogP contribution is -2.36. The summed E-state index contributed by atoms with van der Waals surface area (Å²) < 4.78 is 5.17. The largest absolute Gasteiger partial charge is 0.455 e. The van der Waals surface area contributed by atoms with E-state index in [1.807, 2.05) is 0 Å². The molecule has 19 heavy (non-hydrogen) atoms. The topological polar surface area (TPSA) is 55.4 Å². The van der Waals surface area contributed by atoms with Crippen molar-refractivity contribution in [2.24, 2.45) is 17.8 Å². The number of rotatable bonds is 4. The highest BCUT2D eigenvalue weighted by molar-refractivity contribution is 5.81. The minimum absolute atomic E-state index is 0.0192. The summed E-state index contributed by atoms with van der Waals surface area (Å²) in [6.45, 7) is -0.118. The van der Waals surface area contributed by atoms with E-state index in [-0.39, 0.29) is 30.4 Å². The van der Waals surface area contributed by atoms with Crippen molar-refractivity contribution in [3.05, 3.63) is 12.2 Å². The minimum Gasteiger partial charge on any atom is -0.455 e. The van der Waals surface area contributed by atoms with E-state index in [1.165, 1.54) is 12.8 Å². The molecule has 3 aliphatic carbocycles. The van der Waals surface area contributed by atoms with Gasteiger partial charge in [-0.25, -0.2) is 0 Å². The molecule has 4 heteroatoms. The Morgan fingerprint density at radius 3 is 2.58 bits per heavy atom. The number of amides is 1. The van der Waals surface area contributed by atoms with Gasteiger partial charge in [0.05, 0.1) is 5.92 Å². The lowest BCUT2D eigenvalue weighted by Gasteiger charge is -2.17. The summed E-state index contributed by atoms with van der Waals surface area (Å²) in [6, 6.07) is 0.289. The van der Waals surface area contributed by atoms with Crippen LogP contribution in [0.4, 0.5) is 0 Å². The molecule has 2 bridgehead atoms. The van der Waals surface area contributed by atoms with Crippen molar-refractivity contribution in [2.75, 3.05) is 6.61 Å². The molecule has 2 fully saturated rings. The number of fused-ring (bicyclic) bond motifs is 2. The van der Waals surface area contributed by atoms with Crippen molar-refractivity contribution in [2.45, 2.75) is 44.6 Å². The summed E-state index contributed by atoms with van der Waals surface area (Å²) >= 11 is 0. The number of carbonyl (C=O) groups excluding carboxylic acids is 2. The number of nitrogens with one attached hydrogen (secondary N) is 1. The zero-order chi connectivity index (χ0) is 13.2. The Morgan fingerprint density at radius 1 is 1.16 bits per heavy atom. The minimum atomic E-state index is -0.196. The molecule has 4 nitrogen and oxygen atoms in total. The van der Waals surface area contributed by atoms with Gasteiger partial charge in [-0.2, -0.15) is 0 Å². The molecular formula is C15H21NO3. The van der Waals surface area contributed by atoms with Crippen molar-refractivity contribution in [3.8, 4) is 0 Å². The molecule has 0 radical (unpaired) electrons. The molecule has 0 spiro atoms. The predicted octanol–water partition coefficient (Wildman–Crippen LogP) is 1.80. The maximum absolute atomic E-state index is 11.9. The number of ether oxygens (including phenoxy) is 1. The fourth-order valence-electron chi connectivity index (χ4n) is 3.63. The van der Waals surface area contributed by atoms with E-state index in [2.05, 4.69) is 17.5 Å². The van der Waals surface area contributed by atoms with Gasteiger partial charge in [-0.05, 0) is 37.5 Å². The molecule has 1 amide bonds. The zero-order valence-corrected chi connectivity index (χ0v) is 11.1. The van der Waals surface area contributed by atoms with Crippen LogP contribution in [-0.4, -0.2) is 24.5 Å². The van der Waals surface area contributed by atoms with Crippen LogP contribution in [0.2, 0.25) is 0 Å². The van der Waals surface area contributed by atoms with Crippen LogP contribution >= 0.6 is 0 Å². The third-order valence-corrected chi connectivity index (χ3v) is 4.65. The maximum atomic E-state index is 11.9. The van der Waals surface area contributed by atoms with Crippen LogP contribution < -0.4 is 5.32 Å². The van der Waals surface area contributed by atoms with Gasteiger partial charge >= 0.3 is 5.97 Å². The van der Waals surface area contributed by atoms with Gasteiger partial charge in [-0.15, -0.1) is 0 Å². The average molecular weight is 263 g/mol. The van der Waals surface area contributed by atoms with E-state index in [4.69, 9.17) is 4.74 Å². The van der Waals surface area contributed by atoms with Crippen molar-refractivity contribution >= 4 is 11.9 Å². The van der Waals surface area contributed by atoms with Gasteiger partial charge in [-0.3, -0.25) is 9.59 Å². The molecule has 2 saturated carbocycles. The van der Waals surface area contributed by atoms with Gasteiger partial charge < -0.3 is 10.1 Å². The van der Waals surface area contributed by atoms with Crippen LogP contribution in [0.25, 0.3) is 0 Å². The van der Waals surface area contributed by atoms with Gasteiger partial charge in [-0.1, -0.05) is 25.0 Å². The number of carbonyl (C=O) groups is 2. The molecule has 104 valence electrons. The summed E-state index contributed by atoms with van der Waals surface area (Å²) in [5.41, 5.74) is 0. The van der Waals surface area contributed by atoms with Crippen LogP contribution in [0.1, 0.15) is 38.5 Å². The molecule has 0 aromatic heterocycles. The van der Waals surface area contributed by atoms with Crippen LogP contribution in [0.3, 0.4) is 0 Å². The van der Waals surface area contributed by atoms with Gasteiger partial charge in [0.2, 0.25) is 0 Å². The Morgan fingerprint density at radius 2 is 1.95 bits per heavy atom. The van der Waals surface area contributed by atoms with E-state index in [0.29, 0.717) is 11.8 Å². The molecule has 1 N–H and O–H groups in total. The fourth-order valence-corrected chi connectivity index (χ4v) is 3.63. The number of hydrogen-bond donors (Lipinski definition) is 1. The first kappa shape index (κ1) is 12.7. The van der Waals surface area contributed by atoms with E-state index < -0.39 is 0 Å². The zero-order valence-electron chi connectivity index (χ0n) is 11.1. The van der Waals surface area contributed by atoms with Crippen molar-refractivity contribution in [1.29, 1.82) is 0 Å². The molecule has 3 rings (SSSR count). The van der Waals surface area contributed by atoms with Crippen LogP contribution in [0.5, 0.6) is 0 Å². The number of allylic oxidation sites excluding steroid dienone is 2. The monoisotopic (exact) mass is 263 g/mol. The third-order valence-electron chi connectivity index (χ3n) is 4.65. The summed E-state index contributed by atoms with van der Waals surface area (Å²) in [4.78, 5) is 23.6. The Hall–Kier alpha value is -1.32. The standard InChI is InChI=1S/C15H21NO3/c17-14(16-12-3-1-2-4-12)9-19-15(18)13-8-10-5-6-11(13)7-10/h5-6,10-13H,1-4,7-9H2,(H,16,17). The van der Waals surface area contributed by atoms with Crippen molar-refractivity contribution < 1.29 is 14.3 Å². The highest BCUT2D eigenvalue weighted by Crippen LogP contribution is 2.43. The smallest absolute Gasteiger partial charge is 0.310 e. The van der Waals surface area contributed by atoms with Gasteiger partial charge in [0.25, 0.3) is 5.91 Å². The highest BCUT2D eigenvalue weighted by atomic mass is 16.5. The van der Waals surface area contributed by atoms with E-state index in [1.54, 1.807) is 0 Å². The van der Waals surface area contributed by atoms with Gasteiger partial charge in [0.15, 0.2) is 6.61 Å². The second-order valence-corrected chi connectivity index (χ2v) is 6.04. The number of hydrogen-bond acceptors (Lipinski definition) is 3. The SMILES string of the molecule is O=C(COC(=O)C1CC2C=CC1C2)NC1CCCC1. The van der Waals surface area contributed by atoms with E-state index >= 15 is 0 Å². The van der Waals surface area contributed by atoms with Gasteiger partial charge in [0, 0.05) is 6.04 Å². The molecule has 0 aromatic rings. The van der Waals surface area contributed by atoms with Crippen molar-refractivity contribution in [1.82, 2.24) is 5.32 Å². The highest BCUT2D eigenvalue weighted by Gasteiger charge is 2.40. The normalized spacial score (nSPS) is 32.7. The predicted molar refractivity (Wildman–Crippen MR) is 70.2 cm³/mol. The molecule has 3 aliphatic rings. The van der Waals surface area contributed by atoms with Crippen molar-refractivity contribution in [3.63, 3.8) is 0 Å².